The Balaban J connectivity index is 3.47. The van der Waals surface area contributed by atoms with Gasteiger partial charge in [-0.15, -0.1) is 0 Å². The summed E-state index contributed by atoms with van der Waals surface area (Å²) in [6.07, 6.45) is 0.623. The maximum atomic E-state index is 11.1. The first-order valence-electron chi connectivity index (χ1n) is 4.24. The number of nitrogens with one attached hydrogen (secondary N) is 1. The maximum absolute atomic E-state index is 11.1. The summed E-state index contributed by atoms with van der Waals surface area (Å²) in [4.78, 5) is 12.6. The Morgan fingerprint density at radius 1 is 1.58 bits per heavy atom. The summed E-state index contributed by atoms with van der Waals surface area (Å²) in [5, 5.41) is 2.96. The highest BCUT2D eigenvalue weighted by atomic mass is 16.6. The molecule has 0 aromatic rings. The molecule has 0 atom stereocenters. The largest absolute Gasteiger partial charge is 0.449 e. The molecule has 4 nitrogen and oxygen atoms in total. The molecule has 0 aliphatic heterocycles. The molecule has 1 amide bonds. The van der Waals surface area contributed by atoms with Gasteiger partial charge in [0.1, 0.15) is 0 Å². The van der Waals surface area contributed by atoms with E-state index in [1.807, 2.05) is 14.0 Å². The highest BCUT2D eigenvalue weighted by molar-refractivity contribution is 5.67. The van der Waals surface area contributed by atoms with Crippen molar-refractivity contribution in [2.45, 2.75) is 13.3 Å². The number of likely N-dealkylation sites (N-methyl/N-ethyl adjacent to an activating group) is 2. The molecular weight excluding hydrogens is 156 g/mol. The van der Waals surface area contributed by atoms with Crippen molar-refractivity contribution in [3.05, 3.63) is 0 Å². The smallest absolute Gasteiger partial charge is 0.409 e. The number of ether oxygens (including phenoxy) is 1. The molecule has 0 spiro atoms. The number of carbonyl (C=O) groups excluding carboxylic acids is 1. The summed E-state index contributed by atoms with van der Waals surface area (Å²) in [6.45, 7) is 3.94. The van der Waals surface area contributed by atoms with E-state index >= 15 is 0 Å². The summed E-state index contributed by atoms with van der Waals surface area (Å²) in [6, 6.07) is 0. The van der Waals surface area contributed by atoms with Gasteiger partial charge in [0.25, 0.3) is 0 Å². The van der Waals surface area contributed by atoms with E-state index in [4.69, 9.17) is 4.74 Å². The van der Waals surface area contributed by atoms with Gasteiger partial charge in [0.2, 0.25) is 0 Å². The second-order valence-corrected chi connectivity index (χ2v) is 2.64. The SMILES string of the molecule is CCCOC(=O)N(C)CCNC. The van der Waals surface area contributed by atoms with Crippen molar-refractivity contribution < 1.29 is 9.53 Å². The van der Waals surface area contributed by atoms with Crippen LogP contribution in [0.2, 0.25) is 0 Å². The molecule has 0 aliphatic carbocycles. The molecule has 0 unspecified atom stereocenters. The molecule has 0 radical (unpaired) electrons. The number of nitrogens with zero attached hydrogens (tertiary/aromatic N) is 1. The van der Waals surface area contributed by atoms with Gasteiger partial charge in [0, 0.05) is 20.1 Å². The molecule has 12 heavy (non-hydrogen) atoms. The first-order chi connectivity index (χ1) is 5.72. The van der Waals surface area contributed by atoms with E-state index in [0.29, 0.717) is 13.2 Å². The van der Waals surface area contributed by atoms with Gasteiger partial charge < -0.3 is 15.0 Å². The molecule has 0 fully saturated rings. The first-order valence-corrected chi connectivity index (χ1v) is 4.24. The van der Waals surface area contributed by atoms with Crippen LogP contribution in [0.4, 0.5) is 4.79 Å². The van der Waals surface area contributed by atoms with Crippen LogP contribution in [0, 0.1) is 0 Å². The molecule has 0 saturated carbocycles. The van der Waals surface area contributed by atoms with Gasteiger partial charge in [-0.1, -0.05) is 6.92 Å². The maximum Gasteiger partial charge on any atom is 0.409 e. The molecule has 72 valence electrons. The van der Waals surface area contributed by atoms with Gasteiger partial charge in [-0.3, -0.25) is 0 Å². The van der Waals surface area contributed by atoms with Crippen LogP contribution in [0.3, 0.4) is 0 Å². The van der Waals surface area contributed by atoms with Crippen molar-refractivity contribution in [1.29, 1.82) is 0 Å². The number of hydrogen-bond donors (Lipinski definition) is 1. The Bertz CT molecular complexity index is 128. The topological polar surface area (TPSA) is 41.6 Å². The molecule has 0 bridgehead atoms. The molecule has 0 aliphatic rings. The van der Waals surface area contributed by atoms with Crippen LogP contribution in [0.25, 0.3) is 0 Å². The zero-order valence-electron chi connectivity index (χ0n) is 8.09. The van der Waals surface area contributed by atoms with Crippen LogP contribution in [-0.2, 0) is 4.74 Å². The van der Waals surface area contributed by atoms with Gasteiger partial charge in [-0.2, -0.15) is 0 Å². The Morgan fingerprint density at radius 2 is 2.25 bits per heavy atom. The van der Waals surface area contributed by atoms with E-state index in [9.17, 15) is 4.79 Å². The van der Waals surface area contributed by atoms with Crippen molar-refractivity contribution in [3.63, 3.8) is 0 Å². The minimum atomic E-state index is -0.243. The molecular formula is C8H18N2O2. The van der Waals surface area contributed by atoms with Crippen molar-refractivity contribution in [2.24, 2.45) is 0 Å². The summed E-state index contributed by atoms with van der Waals surface area (Å²) in [7, 11) is 3.58. The zero-order chi connectivity index (χ0) is 9.40. The lowest BCUT2D eigenvalue weighted by Crippen LogP contribution is -2.33. The molecule has 1 N–H and O–H groups in total. The molecule has 0 saturated heterocycles. The Kier molecular flexibility index (Phi) is 6.47. The van der Waals surface area contributed by atoms with Gasteiger partial charge >= 0.3 is 6.09 Å². The highest BCUT2D eigenvalue weighted by Gasteiger charge is 2.07. The third kappa shape index (κ3) is 4.96. The summed E-state index contributed by atoms with van der Waals surface area (Å²) in [5.74, 6) is 0. The average Bonchev–Trinajstić information content (AvgIpc) is 2.10. The minimum Gasteiger partial charge on any atom is -0.449 e. The molecule has 0 aromatic carbocycles. The number of amides is 1. The van der Waals surface area contributed by atoms with E-state index < -0.39 is 0 Å². The van der Waals surface area contributed by atoms with Crippen LogP contribution >= 0.6 is 0 Å². The Labute approximate surface area is 73.9 Å². The lowest BCUT2D eigenvalue weighted by molar-refractivity contribution is 0.111. The summed E-state index contributed by atoms with van der Waals surface area (Å²) >= 11 is 0. The summed E-state index contributed by atoms with van der Waals surface area (Å²) < 4.78 is 4.91. The Hall–Kier alpha value is -0.770. The molecule has 0 heterocycles. The Morgan fingerprint density at radius 3 is 2.75 bits per heavy atom. The van der Waals surface area contributed by atoms with Crippen LogP contribution < -0.4 is 5.32 Å². The van der Waals surface area contributed by atoms with Crippen LogP contribution in [0.5, 0.6) is 0 Å². The number of hydrogen-bond acceptors (Lipinski definition) is 3. The van der Waals surface area contributed by atoms with Crippen molar-refractivity contribution >= 4 is 6.09 Å². The van der Waals surface area contributed by atoms with E-state index in [-0.39, 0.29) is 6.09 Å². The lowest BCUT2D eigenvalue weighted by atomic mass is 10.5. The van der Waals surface area contributed by atoms with Crippen LogP contribution in [-0.4, -0.2) is 44.8 Å². The van der Waals surface area contributed by atoms with Gasteiger partial charge in [-0.25, -0.2) is 4.79 Å². The third-order valence-corrected chi connectivity index (χ3v) is 1.44. The minimum absolute atomic E-state index is 0.243. The van der Waals surface area contributed by atoms with Gasteiger partial charge in [-0.05, 0) is 13.5 Å². The van der Waals surface area contributed by atoms with Gasteiger partial charge in [0.05, 0.1) is 6.61 Å². The van der Waals surface area contributed by atoms with E-state index in [1.165, 1.54) is 0 Å². The number of rotatable bonds is 5. The average molecular weight is 174 g/mol. The molecule has 0 rings (SSSR count). The second-order valence-electron chi connectivity index (χ2n) is 2.64. The predicted molar refractivity (Wildman–Crippen MR) is 48.2 cm³/mol. The predicted octanol–water partition coefficient (Wildman–Crippen LogP) is 0.684. The van der Waals surface area contributed by atoms with Gasteiger partial charge in [0.15, 0.2) is 0 Å². The highest BCUT2D eigenvalue weighted by Crippen LogP contribution is 1.90. The quantitative estimate of drug-likeness (QED) is 0.666. The fourth-order valence-corrected chi connectivity index (χ4v) is 0.670. The lowest BCUT2D eigenvalue weighted by Gasteiger charge is -2.15. The normalized spacial score (nSPS) is 9.58. The standard InChI is InChI=1S/C8H18N2O2/c1-4-7-12-8(11)10(3)6-5-9-2/h9H,4-7H2,1-3H3. The van der Waals surface area contributed by atoms with E-state index in [0.717, 1.165) is 13.0 Å². The molecule has 0 aromatic heterocycles. The fourth-order valence-electron chi connectivity index (χ4n) is 0.670. The second kappa shape index (κ2) is 6.91. The fraction of sp³-hybridized carbons (Fsp3) is 0.875. The van der Waals surface area contributed by atoms with E-state index in [1.54, 1.807) is 11.9 Å². The van der Waals surface area contributed by atoms with Crippen LogP contribution in [0.15, 0.2) is 0 Å². The first kappa shape index (κ1) is 11.2. The third-order valence-electron chi connectivity index (χ3n) is 1.44. The molecule has 4 heteroatoms. The van der Waals surface area contributed by atoms with Crippen molar-refractivity contribution in [2.75, 3.05) is 33.8 Å². The van der Waals surface area contributed by atoms with Crippen molar-refractivity contribution in [3.8, 4) is 0 Å². The van der Waals surface area contributed by atoms with E-state index in [2.05, 4.69) is 5.32 Å². The number of carbonyl (C=O) groups is 1. The summed E-state index contributed by atoms with van der Waals surface area (Å²) in [5.41, 5.74) is 0. The van der Waals surface area contributed by atoms with Crippen LogP contribution in [0.1, 0.15) is 13.3 Å². The monoisotopic (exact) mass is 174 g/mol. The zero-order valence-corrected chi connectivity index (χ0v) is 8.09. The van der Waals surface area contributed by atoms with Crippen molar-refractivity contribution in [1.82, 2.24) is 10.2 Å².